The van der Waals surface area contributed by atoms with Gasteiger partial charge in [0.2, 0.25) is 0 Å². The van der Waals surface area contributed by atoms with Crippen LogP contribution in [0.1, 0.15) is 20.8 Å². The number of benzene rings is 1. The van der Waals surface area contributed by atoms with E-state index < -0.39 is 0 Å². The standard InChI is InChI=1S/C17H27N3O2S/c1-17(2,3)19-16(22)13-20(4)12-15(21)18-10-11-23-14-8-6-5-7-9-14/h5-9H,10-13H2,1-4H3,(H,18,21)(H,19,22)/p+1. The predicted octanol–water partition coefficient (Wildman–Crippen LogP) is 0.324. The number of carbonyl (C=O) groups excluding carboxylic acids is 2. The first kappa shape index (κ1) is 19.5. The summed E-state index contributed by atoms with van der Waals surface area (Å²) in [5.41, 5.74) is -0.242. The topological polar surface area (TPSA) is 62.6 Å². The molecule has 1 aromatic carbocycles. The van der Waals surface area contributed by atoms with Gasteiger partial charge in [-0.15, -0.1) is 11.8 Å². The molecular weight excluding hydrogens is 310 g/mol. The lowest BCUT2D eigenvalue weighted by atomic mass is 10.1. The third kappa shape index (κ3) is 9.97. The Labute approximate surface area is 143 Å². The molecule has 0 radical (unpaired) electrons. The van der Waals surface area contributed by atoms with E-state index in [0.717, 1.165) is 10.7 Å². The number of likely N-dealkylation sites (N-methyl/N-ethyl adjacent to an activating group) is 1. The monoisotopic (exact) mass is 338 g/mol. The lowest BCUT2D eigenvalue weighted by Gasteiger charge is -2.21. The first-order chi connectivity index (χ1) is 10.8. The molecule has 128 valence electrons. The second-order valence-electron chi connectivity index (χ2n) is 6.62. The van der Waals surface area contributed by atoms with Crippen LogP contribution in [0.5, 0.6) is 0 Å². The smallest absolute Gasteiger partial charge is 0.275 e. The summed E-state index contributed by atoms with van der Waals surface area (Å²) in [5.74, 6) is 0.765. The van der Waals surface area contributed by atoms with E-state index in [4.69, 9.17) is 0 Å². The summed E-state index contributed by atoms with van der Waals surface area (Å²) in [6.45, 7) is 7.04. The van der Waals surface area contributed by atoms with Crippen LogP contribution in [-0.2, 0) is 9.59 Å². The molecule has 0 aliphatic carbocycles. The highest BCUT2D eigenvalue weighted by atomic mass is 32.2. The molecule has 1 aromatic rings. The Morgan fingerprint density at radius 2 is 1.70 bits per heavy atom. The molecule has 1 atom stereocenters. The summed E-state index contributed by atoms with van der Waals surface area (Å²) in [6, 6.07) is 10.1. The molecule has 2 amide bonds. The molecule has 0 spiro atoms. The summed E-state index contributed by atoms with van der Waals surface area (Å²) in [6.07, 6.45) is 0. The molecule has 0 aliphatic rings. The molecule has 1 rings (SSSR count). The van der Waals surface area contributed by atoms with Gasteiger partial charge in [-0.25, -0.2) is 0 Å². The van der Waals surface area contributed by atoms with Gasteiger partial charge in [0.1, 0.15) is 0 Å². The van der Waals surface area contributed by atoms with Gasteiger partial charge in [0.15, 0.2) is 13.1 Å². The molecule has 0 saturated carbocycles. The predicted molar refractivity (Wildman–Crippen MR) is 94.7 cm³/mol. The quantitative estimate of drug-likeness (QED) is 0.473. The van der Waals surface area contributed by atoms with Gasteiger partial charge < -0.3 is 15.5 Å². The summed E-state index contributed by atoms with van der Waals surface area (Å²) in [5, 5.41) is 5.79. The lowest BCUT2D eigenvalue weighted by Crippen LogP contribution is -3.11. The molecule has 5 nitrogen and oxygen atoms in total. The van der Waals surface area contributed by atoms with Crippen molar-refractivity contribution in [2.75, 3.05) is 32.4 Å². The highest BCUT2D eigenvalue weighted by molar-refractivity contribution is 7.99. The minimum atomic E-state index is -0.242. The van der Waals surface area contributed by atoms with Crippen LogP contribution in [0, 0.1) is 0 Å². The summed E-state index contributed by atoms with van der Waals surface area (Å²) in [4.78, 5) is 25.7. The van der Waals surface area contributed by atoms with Gasteiger partial charge >= 0.3 is 0 Å². The van der Waals surface area contributed by atoms with E-state index in [1.807, 2.05) is 46.0 Å². The average Bonchev–Trinajstić information content (AvgIpc) is 2.42. The number of quaternary nitrogens is 1. The maximum atomic E-state index is 11.9. The van der Waals surface area contributed by atoms with Gasteiger partial charge in [0.05, 0.1) is 7.05 Å². The molecule has 0 aliphatic heterocycles. The summed E-state index contributed by atoms with van der Waals surface area (Å²) in [7, 11) is 1.85. The molecule has 0 saturated heterocycles. The zero-order valence-corrected chi connectivity index (χ0v) is 15.3. The number of amides is 2. The van der Waals surface area contributed by atoms with Crippen molar-refractivity contribution in [3.05, 3.63) is 30.3 Å². The number of rotatable bonds is 8. The van der Waals surface area contributed by atoms with Crippen LogP contribution < -0.4 is 15.5 Å². The third-order valence-electron chi connectivity index (χ3n) is 2.88. The molecule has 1 unspecified atom stereocenters. The molecular formula is C17H28N3O2S+. The lowest BCUT2D eigenvalue weighted by molar-refractivity contribution is -0.862. The number of thioether (sulfide) groups is 1. The van der Waals surface area contributed by atoms with Gasteiger partial charge in [0.25, 0.3) is 11.8 Å². The van der Waals surface area contributed by atoms with E-state index >= 15 is 0 Å². The number of nitrogens with one attached hydrogen (secondary N) is 3. The molecule has 3 N–H and O–H groups in total. The van der Waals surface area contributed by atoms with E-state index in [-0.39, 0.29) is 17.4 Å². The first-order valence-corrected chi connectivity index (χ1v) is 8.82. The van der Waals surface area contributed by atoms with Gasteiger partial charge in [-0.1, -0.05) is 18.2 Å². The average molecular weight is 338 g/mol. The molecule has 23 heavy (non-hydrogen) atoms. The van der Waals surface area contributed by atoms with Crippen LogP contribution in [0.15, 0.2) is 35.2 Å². The van der Waals surface area contributed by atoms with Crippen LogP contribution in [0.2, 0.25) is 0 Å². The van der Waals surface area contributed by atoms with Gasteiger partial charge in [-0.05, 0) is 32.9 Å². The van der Waals surface area contributed by atoms with Crippen LogP contribution in [0.4, 0.5) is 0 Å². The first-order valence-electron chi connectivity index (χ1n) is 7.83. The second-order valence-corrected chi connectivity index (χ2v) is 7.79. The zero-order chi connectivity index (χ0) is 17.3. The molecule has 0 heterocycles. The van der Waals surface area contributed by atoms with Crippen molar-refractivity contribution in [3.63, 3.8) is 0 Å². The van der Waals surface area contributed by atoms with Gasteiger partial charge in [-0.2, -0.15) is 0 Å². The van der Waals surface area contributed by atoms with E-state index in [9.17, 15) is 9.59 Å². The van der Waals surface area contributed by atoms with Gasteiger partial charge in [0, 0.05) is 22.7 Å². The Kier molecular flexibility index (Phi) is 8.12. The van der Waals surface area contributed by atoms with E-state index in [1.165, 1.54) is 4.90 Å². The molecule has 0 fully saturated rings. The van der Waals surface area contributed by atoms with Crippen molar-refractivity contribution in [2.45, 2.75) is 31.2 Å². The third-order valence-corrected chi connectivity index (χ3v) is 3.89. The Balaban J connectivity index is 2.16. The van der Waals surface area contributed by atoms with Crippen LogP contribution in [-0.4, -0.2) is 49.8 Å². The van der Waals surface area contributed by atoms with Crippen molar-refractivity contribution in [2.24, 2.45) is 0 Å². The van der Waals surface area contributed by atoms with Gasteiger partial charge in [-0.3, -0.25) is 9.59 Å². The fraction of sp³-hybridized carbons (Fsp3) is 0.529. The number of hydrogen-bond acceptors (Lipinski definition) is 3. The highest BCUT2D eigenvalue weighted by Gasteiger charge is 2.18. The number of hydrogen-bond donors (Lipinski definition) is 3. The number of carbonyl (C=O) groups is 2. The maximum absolute atomic E-state index is 11.9. The van der Waals surface area contributed by atoms with Crippen molar-refractivity contribution < 1.29 is 14.5 Å². The highest BCUT2D eigenvalue weighted by Crippen LogP contribution is 2.15. The van der Waals surface area contributed by atoms with E-state index in [2.05, 4.69) is 22.8 Å². The Morgan fingerprint density at radius 3 is 2.30 bits per heavy atom. The minimum absolute atomic E-state index is 0.0280. The van der Waals surface area contributed by atoms with Crippen LogP contribution in [0.25, 0.3) is 0 Å². The van der Waals surface area contributed by atoms with E-state index in [0.29, 0.717) is 19.6 Å². The van der Waals surface area contributed by atoms with Crippen LogP contribution >= 0.6 is 11.8 Å². The minimum Gasteiger partial charge on any atom is -0.350 e. The fourth-order valence-electron chi connectivity index (χ4n) is 2.01. The normalized spacial score (nSPS) is 12.5. The maximum Gasteiger partial charge on any atom is 0.275 e. The van der Waals surface area contributed by atoms with Crippen molar-refractivity contribution >= 4 is 23.6 Å². The van der Waals surface area contributed by atoms with Crippen molar-refractivity contribution in [1.82, 2.24) is 10.6 Å². The Hall–Kier alpha value is -1.53. The Morgan fingerprint density at radius 1 is 1.09 bits per heavy atom. The molecule has 0 bridgehead atoms. The van der Waals surface area contributed by atoms with Crippen molar-refractivity contribution in [1.29, 1.82) is 0 Å². The fourth-order valence-corrected chi connectivity index (χ4v) is 2.80. The second kappa shape index (κ2) is 9.57. The summed E-state index contributed by atoms with van der Waals surface area (Å²) >= 11 is 1.71. The van der Waals surface area contributed by atoms with Crippen LogP contribution in [0.3, 0.4) is 0 Å². The summed E-state index contributed by atoms with van der Waals surface area (Å²) < 4.78 is 0. The van der Waals surface area contributed by atoms with E-state index in [1.54, 1.807) is 11.8 Å². The molecule has 0 aromatic heterocycles. The molecule has 6 heteroatoms. The van der Waals surface area contributed by atoms with Crippen molar-refractivity contribution in [3.8, 4) is 0 Å². The Bertz CT molecular complexity index is 500. The SMILES string of the molecule is C[NH+](CC(=O)NCCSc1ccccc1)CC(=O)NC(C)(C)C. The zero-order valence-electron chi connectivity index (χ0n) is 14.4. The largest absolute Gasteiger partial charge is 0.350 e.